The van der Waals surface area contributed by atoms with Crippen LogP contribution in [0, 0.1) is 11.8 Å². The summed E-state index contributed by atoms with van der Waals surface area (Å²) in [5, 5.41) is 9.10. The van der Waals surface area contributed by atoms with E-state index >= 15 is 0 Å². The van der Waals surface area contributed by atoms with Crippen molar-refractivity contribution in [3.63, 3.8) is 0 Å². The van der Waals surface area contributed by atoms with Crippen molar-refractivity contribution in [3.8, 4) is 0 Å². The van der Waals surface area contributed by atoms with E-state index in [4.69, 9.17) is 5.11 Å². The average molecular weight is 199 g/mol. The second-order valence-corrected chi connectivity index (χ2v) is 4.56. The van der Waals surface area contributed by atoms with Crippen LogP contribution >= 0.6 is 0 Å². The zero-order chi connectivity index (χ0) is 10.7. The summed E-state index contributed by atoms with van der Waals surface area (Å²) in [6, 6.07) is -0.246. The number of carbonyl (C=O) groups is 1. The van der Waals surface area contributed by atoms with Gasteiger partial charge in [0, 0.05) is 6.54 Å². The summed E-state index contributed by atoms with van der Waals surface area (Å²) in [6.45, 7) is 8.25. The Labute approximate surface area is 86.1 Å². The lowest BCUT2D eigenvalue weighted by Crippen LogP contribution is -2.41. The zero-order valence-electron chi connectivity index (χ0n) is 9.36. The Balaban J connectivity index is 2.56. The fourth-order valence-electron chi connectivity index (χ4n) is 2.16. The maximum atomic E-state index is 11.1. The van der Waals surface area contributed by atoms with Crippen molar-refractivity contribution in [1.82, 2.24) is 4.90 Å². The lowest BCUT2D eigenvalue weighted by molar-refractivity contribution is -0.143. The fourth-order valence-corrected chi connectivity index (χ4v) is 2.16. The van der Waals surface area contributed by atoms with Gasteiger partial charge in [0.1, 0.15) is 6.04 Å². The van der Waals surface area contributed by atoms with Crippen LogP contribution in [0.4, 0.5) is 0 Å². The van der Waals surface area contributed by atoms with Crippen LogP contribution in [0.3, 0.4) is 0 Å². The van der Waals surface area contributed by atoms with Crippen LogP contribution in [0.2, 0.25) is 0 Å². The lowest BCUT2D eigenvalue weighted by atomic mass is 10.0. The molecule has 3 heteroatoms. The third-order valence-corrected chi connectivity index (χ3v) is 3.30. The molecule has 3 nitrogen and oxygen atoms in total. The summed E-state index contributed by atoms with van der Waals surface area (Å²) in [5.74, 6) is 0.247. The third kappa shape index (κ3) is 2.47. The van der Waals surface area contributed by atoms with Gasteiger partial charge in [0.05, 0.1) is 0 Å². The van der Waals surface area contributed by atoms with E-state index in [1.807, 2.05) is 6.92 Å². The van der Waals surface area contributed by atoms with Crippen molar-refractivity contribution in [2.24, 2.45) is 11.8 Å². The second-order valence-electron chi connectivity index (χ2n) is 4.56. The van der Waals surface area contributed by atoms with E-state index in [1.54, 1.807) is 0 Å². The summed E-state index contributed by atoms with van der Waals surface area (Å²) in [7, 11) is 0. The molecule has 1 aliphatic rings. The van der Waals surface area contributed by atoms with Crippen molar-refractivity contribution < 1.29 is 9.90 Å². The molecular weight excluding hydrogens is 178 g/mol. The van der Waals surface area contributed by atoms with Crippen LogP contribution in [0.1, 0.15) is 33.6 Å². The van der Waals surface area contributed by atoms with Gasteiger partial charge in [-0.05, 0) is 24.8 Å². The smallest absolute Gasteiger partial charge is 0.321 e. The molecule has 0 amide bonds. The molecule has 1 rings (SSSR count). The number of nitrogens with zero attached hydrogens (tertiary/aromatic N) is 1. The number of rotatable bonds is 4. The first-order valence-corrected chi connectivity index (χ1v) is 5.53. The summed E-state index contributed by atoms with van der Waals surface area (Å²) < 4.78 is 0. The number of carboxylic acid groups (broad SMARTS) is 1. The number of hydrogen-bond acceptors (Lipinski definition) is 2. The molecule has 0 radical (unpaired) electrons. The zero-order valence-corrected chi connectivity index (χ0v) is 9.36. The van der Waals surface area contributed by atoms with Gasteiger partial charge in [-0.25, -0.2) is 0 Å². The molecular formula is C11H21NO2. The summed E-state index contributed by atoms with van der Waals surface area (Å²) in [4.78, 5) is 13.2. The Bertz CT molecular complexity index is 205. The predicted octanol–water partition coefficient (Wildman–Crippen LogP) is 1.83. The normalized spacial score (nSPS) is 30.5. The monoisotopic (exact) mass is 199 g/mol. The van der Waals surface area contributed by atoms with Crippen LogP contribution in [0.15, 0.2) is 0 Å². The van der Waals surface area contributed by atoms with Gasteiger partial charge in [-0.1, -0.05) is 27.2 Å². The Kier molecular flexibility index (Phi) is 3.93. The summed E-state index contributed by atoms with van der Waals surface area (Å²) >= 11 is 0. The van der Waals surface area contributed by atoms with Gasteiger partial charge in [-0.2, -0.15) is 0 Å². The van der Waals surface area contributed by atoms with E-state index in [0.29, 0.717) is 11.8 Å². The highest BCUT2D eigenvalue weighted by atomic mass is 16.4. The first kappa shape index (κ1) is 11.5. The number of carboxylic acids is 1. The molecule has 3 unspecified atom stereocenters. The molecule has 3 atom stereocenters. The van der Waals surface area contributed by atoms with Crippen molar-refractivity contribution in [2.45, 2.75) is 39.7 Å². The molecule has 0 aliphatic carbocycles. The van der Waals surface area contributed by atoms with Crippen LogP contribution in [-0.2, 0) is 4.79 Å². The second kappa shape index (κ2) is 4.78. The Morgan fingerprint density at radius 3 is 2.79 bits per heavy atom. The average Bonchev–Trinajstić information content (AvgIpc) is 2.46. The largest absolute Gasteiger partial charge is 0.480 e. The Morgan fingerprint density at radius 2 is 2.29 bits per heavy atom. The number of hydrogen-bond donors (Lipinski definition) is 1. The van der Waals surface area contributed by atoms with Crippen molar-refractivity contribution in [1.29, 1.82) is 0 Å². The van der Waals surface area contributed by atoms with Crippen LogP contribution in [-0.4, -0.2) is 35.1 Å². The molecule has 0 spiro atoms. The molecule has 1 N–H and O–H groups in total. The first-order valence-electron chi connectivity index (χ1n) is 5.53. The van der Waals surface area contributed by atoms with Gasteiger partial charge in [0.15, 0.2) is 0 Å². The molecule has 0 aromatic heterocycles. The molecule has 82 valence electrons. The van der Waals surface area contributed by atoms with Gasteiger partial charge >= 0.3 is 5.97 Å². The summed E-state index contributed by atoms with van der Waals surface area (Å²) in [6.07, 6.45) is 2.14. The molecule has 1 fully saturated rings. The SMILES string of the molecule is CCC(C)CN1CCC(C)C1C(=O)O. The predicted molar refractivity (Wildman–Crippen MR) is 56.2 cm³/mol. The minimum atomic E-state index is -0.654. The third-order valence-electron chi connectivity index (χ3n) is 3.30. The molecule has 0 aromatic carbocycles. The standard InChI is InChI=1S/C11H21NO2/c1-4-8(2)7-12-6-5-9(3)10(12)11(13)14/h8-10H,4-7H2,1-3H3,(H,13,14). The topological polar surface area (TPSA) is 40.5 Å². The van der Waals surface area contributed by atoms with E-state index < -0.39 is 5.97 Å². The minimum Gasteiger partial charge on any atom is -0.480 e. The maximum absolute atomic E-state index is 11.1. The highest BCUT2D eigenvalue weighted by Gasteiger charge is 2.36. The number of likely N-dealkylation sites (tertiary alicyclic amines) is 1. The highest BCUT2D eigenvalue weighted by molar-refractivity contribution is 5.74. The van der Waals surface area contributed by atoms with Crippen molar-refractivity contribution >= 4 is 5.97 Å². The van der Waals surface area contributed by atoms with Gasteiger partial charge in [-0.3, -0.25) is 9.69 Å². The lowest BCUT2D eigenvalue weighted by Gasteiger charge is -2.25. The van der Waals surface area contributed by atoms with Crippen LogP contribution < -0.4 is 0 Å². The maximum Gasteiger partial charge on any atom is 0.321 e. The minimum absolute atomic E-state index is 0.246. The van der Waals surface area contributed by atoms with Gasteiger partial charge < -0.3 is 5.11 Å². The van der Waals surface area contributed by atoms with E-state index in [2.05, 4.69) is 18.7 Å². The number of aliphatic carboxylic acids is 1. The quantitative estimate of drug-likeness (QED) is 0.751. The van der Waals surface area contributed by atoms with E-state index in [9.17, 15) is 4.79 Å². The van der Waals surface area contributed by atoms with Crippen molar-refractivity contribution in [3.05, 3.63) is 0 Å². The Morgan fingerprint density at radius 1 is 1.64 bits per heavy atom. The van der Waals surface area contributed by atoms with Crippen molar-refractivity contribution in [2.75, 3.05) is 13.1 Å². The molecule has 0 bridgehead atoms. The Hall–Kier alpha value is -0.570. The van der Waals surface area contributed by atoms with Crippen LogP contribution in [0.5, 0.6) is 0 Å². The van der Waals surface area contributed by atoms with Gasteiger partial charge in [0.2, 0.25) is 0 Å². The first-order chi connectivity index (χ1) is 6.56. The van der Waals surface area contributed by atoms with E-state index in [1.165, 1.54) is 0 Å². The van der Waals surface area contributed by atoms with Crippen LogP contribution in [0.25, 0.3) is 0 Å². The van der Waals surface area contributed by atoms with Gasteiger partial charge in [-0.15, -0.1) is 0 Å². The highest BCUT2D eigenvalue weighted by Crippen LogP contribution is 2.25. The molecule has 1 aliphatic heterocycles. The fraction of sp³-hybridized carbons (Fsp3) is 0.909. The molecule has 14 heavy (non-hydrogen) atoms. The molecule has 1 heterocycles. The summed E-state index contributed by atoms with van der Waals surface area (Å²) in [5.41, 5.74) is 0. The molecule has 1 saturated heterocycles. The van der Waals surface area contributed by atoms with E-state index in [0.717, 1.165) is 25.9 Å². The van der Waals surface area contributed by atoms with E-state index in [-0.39, 0.29) is 6.04 Å². The molecule has 0 aromatic rings. The molecule has 0 saturated carbocycles. The van der Waals surface area contributed by atoms with Gasteiger partial charge in [0.25, 0.3) is 0 Å².